The second-order valence-electron chi connectivity index (χ2n) is 3.82. The lowest BCUT2D eigenvalue weighted by molar-refractivity contribution is -0.130. The summed E-state index contributed by atoms with van der Waals surface area (Å²) in [6.07, 6.45) is 0.413. The van der Waals surface area contributed by atoms with Crippen LogP contribution in [0.1, 0.15) is 20.3 Å². The molecule has 2 N–H and O–H groups in total. The highest BCUT2D eigenvalue weighted by molar-refractivity contribution is 5.76. The van der Waals surface area contributed by atoms with Gasteiger partial charge in [-0.25, -0.2) is 0 Å². The largest absolute Gasteiger partial charge is 0.374 e. The van der Waals surface area contributed by atoms with Gasteiger partial charge in [0.05, 0.1) is 0 Å². The third kappa shape index (κ3) is 3.43. The molecule has 1 aliphatic rings. The van der Waals surface area contributed by atoms with Crippen LogP contribution in [-0.4, -0.2) is 55.9 Å². The lowest BCUT2D eigenvalue weighted by atomic mass is 10.2. The first-order valence-corrected chi connectivity index (χ1v) is 5.93. The normalized spacial score (nSPS) is 25.1. The van der Waals surface area contributed by atoms with E-state index in [0.717, 1.165) is 0 Å². The summed E-state index contributed by atoms with van der Waals surface area (Å²) in [7, 11) is 0. The van der Waals surface area contributed by atoms with Crippen molar-refractivity contribution in [3.05, 3.63) is 0 Å². The summed E-state index contributed by atoms with van der Waals surface area (Å²) in [5.41, 5.74) is 5.37. The lowest BCUT2D eigenvalue weighted by Gasteiger charge is -2.17. The highest BCUT2D eigenvalue weighted by atomic mass is 16.5. The van der Waals surface area contributed by atoms with E-state index in [0.29, 0.717) is 39.3 Å². The molecule has 0 spiro atoms. The Morgan fingerprint density at radius 2 is 1.75 bits per heavy atom. The summed E-state index contributed by atoms with van der Waals surface area (Å²) in [4.78, 5) is 13.5. The van der Waals surface area contributed by atoms with Crippen LogP contribution in [0.25, 0.3) is 0 Å². The standard InChI is InChI=1S/C11H22N2O3/c1-3-15-9-7-13(11(14)5-6-12)8-10(9)16-4-2/h9-10H,3-8,12H2,1-2H3/t9-,10-/m0/s1. The maximum Gasteiger partial charge on any atom is 0.224 e. The molecule has 94 valence electrons. The predicted octanol–water partition coefficient (Wildman–Crippen LogP) is -0.0124. The Morgan fingerprint density at radius 3 is 2.12 bits per heavy atom. The van der Waals surface area contributed by atoms with Crippen molar-refractivity contribution < 1.29 is 14.3 Å². The van der Waals surface area contributed by atoms with Crippen LogP contribution in [0.4, 0.5) is 0 Å². The smallest absolute Gasteiger partial charge is 0.224 e. The fourth-order valence-electron chi connectivity index (χ4n) is 1.98. The number of amides is 1. The van der Waals surface area contributed by atoms with Crippen LogP contribution >= 0.6 is 0 Å². The van der Waals surface area contributed by atoms with E-state index in [2.05, 4.69) is 0 Å². The third-order valence-corrected chi connectivity index (χ3v) is 2.69. The molecule has 0 bridgehead atoms. The van der Waals surface area contributed by atoms with Crippen LogP contribution in [0.5, 0.6) is 0 Å². The Kier molecular flexibility index (Phi) is 5.73. The van der Waals surface area contributed by atoms with E-state index in [4.69, 9.17) is 15.2 Å². The van der Waals surface area contributed by atoms with Crippen molar-refractivity contribution in [2.24, 2.45) is 5.73 Å². The molecule has 0 aliphatic carbocycles. The monoisotopic (exact) mass is 230 g/mol. The molecule has 5 nitrogen and oxygen atoms in total. The first kappa shape index (κ1) is 13.4. The molecular weight excluding hydrogens is 208 g/mol. The Balaban J connectivity index is 2.50. The Bertz CT molecular complexity index is 209. The van der Waals surface area contributed by atoms with Crippen LogP contribution in [-0.2, 0) is 14.3 Å². The van der Waals surface area contributed by atoms with Crippen LogP contribution in [0.15, 0.2) is 0 Å². The van der Waals surface area contributed by atoms with E-state index < -0.39 is 0 Å². The number of carbonyl (C=O) groups is 1. The van der Waals surface area contributed by atoms with Crippen molar-refractivity contribution in [2.75, 3.05) is 32.8 Å². The number of nitrogens with two attached hydrogens (primary N) is 1. The molecular formula is C11H22N2O3. The van der Waals surface area contributed by atoms with Crippen LogP contribution < -0.4 is 5.73 Å². The zero-order valence-electron chi connectivity index (χ0n) is 10.1. The van der Waals surface area contributed by atoms with Gasteiger partial charge in [-0.1, -0.05) is 0 Å². The Labute approximate surface area is 96.9 Å². The summed E-state index contributed by atoms with van der Waals surface area (Å²) in [6, 6.07) is 0. The van der Waals surface area contributed by atoms with Gasteiger partial charge in [0.25, 0.3) is 0 Å². The number of hydrogen-bond acceptors (Lipinski definition) is 4. The van der Waals surface area contributed by atoms with E-state index in [1.54, 1.807) is 4.90 Å². The SMILES string of the molecule is CCO[C@H]1CN(C(=O)CCN)C[C@@H]1OCC. The van der Waals surface area contributed by atoms with Crippen molar-refractivity contribution in [1.82, 2.24) is 4.90 Å². The average molecular weight is 230 g/mol. The van der Waals surface area contributed by atoms with E-state index in [-0.39, 0.29) is 18.1 Å². The van der Waals surface area contributed by atoms with Gasteiger partial charge in [0.15, 0.2) is 0 Å². The molecule has 1 aliphatic heterocycles. The molecule has 0 aromatic rings. The van der Waals surface area contributed by atoms with Crippen molar-refractivity contribution in [2.45, 2.75) is 32.5 Å². The number of rotatable bonds is 6. The van der Waals surface area contributed by atoms with Gasteiger partial charge in [-0.15, -0.1) is 0 Å². The Hall–Kier alpha value is -0.650. The van der Waals surface area contributed by atoms with Gasteiger partial charge in [-0.2, -0.15) is 0 Å². The van der Waals surface area contributed by atoms with Crippen molar-refractivity contribution in [3.8, 4) is 0 Å². The number of carbonyl (C=O) groups excluding carboxylic acids is 1. The molecule has 0 saturated carbocycles. The summed E-state index contributed by atoms with van der Waals surface area (Å²) in [6.45, 7) is 6.84. The third-order valence-electron chi connectivity index (χ3n) is 2.69. The van der Waals surface area contributed by atoms with Crippen molar-refractivity contribution in [3.63, 3.8) is 0 Å². The molecule has 1 rings (SSSR count). The second-order valence-corrected chi connectivity index (χ2v) is 3.82. The van der Waals surface area contributed by atoms with Crippen molar-refractivity contribution >= 4 is 5.91 Å². The molecule has 1 saturated heterocycles. The summed E-state index contributed by atoms with van der Waals surface area (Å²) >= 11 is 0. The minimum Gasteiger partial charge on any atom is -0.374 e. The maximum atomic E-state index is 11.7. The number of nitrogens with zero attached hydrogens (tertiary/aromatic N) is 1. The van der Waals surface area contributed by atoms with E-state index in [9.17, 15) is 4.79 Å². The van der Waals surface area contributed by atoms with E-state index in [1.165, 1.54) is 0 Å². The summed E-state index contributed by atoms with van der Waals surface area (Å²) in [5.74, 6) is 0.0920. The molecule has 1 fully saturated rings. The van der Waals surface area contributed by atoms with E-state index in [1.807, 2.05) is 13.8 Å². The summed E-state index contributed by atoms with van der Waals surface area (Å²) in [5, 5.41) is 0. The van der Waals surface area contributed by atoms with Gasteiger partial charge in [-0.05, 0) is 13.8 Å². The zero-order valence-corrected chi connectivity index (χ0v) is 10.1. The molecule has 1 heterocycles. The van der Waals surface area contributed by atoms with Gasteiger partial charge in [0, 0.05) is 39.3 Å². The maximum absolute atomic E-state index is 11.7. The highest BCUT2D eigenvalue weighted by Crippen LogP contribution is 2.17. The van der Waals surface area contributed by atoms with Crippen molar-refractivity contribution in [1.29, 1.82) is 0 Å². The molecule has 5 heteroatoms. The molecule has 0 unspecified atom stereocenters. The van der Waals surface area contributed by atoms with Gasteiger partial charge in [0.2, 0.25) is 5.91 Å². The van der Waals surface area contributed by atoms with Gasteiger partial charge in [0.1, 0.15) is 12.2 Å². The van der Waals surface area contributed by atoms with E-state index >= 15 is 0 Å². The Morgan fingerprint density at radius 1 is 1.25 bits per heavy atom. The number of hydrogen-bond donors (Lipinski definition) is 1. The molecule has 0 aromatic heterocycles. The zero-order chi connectivity index (χ0) is 12.0. The van der Waals surface area contributed by atoms with Crippen LogP contribution in [0.2, 0.25) is 0 Å². The molecule has 0 aromatic carbocycles. The highest BCUT2D eigenvalue weighted by Gasteiger charge is 2.35. The quantitative estimate of drug-likeness (QED) is 0.697. The first-order valence-electron chi connectivity index (χ1n) is 5.93. The average Bonchev–Trinajstić information content (AvgIpc) is 2.64. The molecule has 1 amide bonds. The number of likely N-dealkylation sites (tertiary alicyclic amines) is 1. The topological polar surface area (TPSA) is 64.8 Å². The molecule has 0 radical (unpaired) electrons. The minimum atomic E-state index is 0.00618. The van der Waals surface area contributed by atoms with Crippen LogP contribution in [0, 0.1) is 0 Å². The first-order chi connectivity index (χ1) is 7.72. The van der Waals surface area contributed by atoms with Gasteiger partial charge >= 0.3 is 0 Å². The second kappa shape index (κ2) is 6.83. The van der Waals surface area contributed by atoms with Gasteiger partial charge in [-0.3, -0.25) is 4.79 Å². The lowest BCUT2D eigenvalue weighted by Crippen LogP contribution is -2.31. The number of ether oxygens (including phenoxy) is 2. The fraction of sp³-hybridized carbons (Fsp3) is 0.909. The molecule has 16 heavy (non-hydrogen) atoms. The minimum absolute atomic E-state index is 0.00618. The summed E-state index contributed by atoms with van der Waals surface area (Å²) < 4.78 is 11.2. The molecule has 2 atom stereocenters. The van der Waals surface area contributed by atoms with Crippen LogP contribution in [0.3, 0.4) is 0 Å². The fourth-order valence-corrected chi connectivity index (χ4v) is 1.98. The predicted molar refractivity (Wildman–Crippen MR) is 61.1 cm³/mol. The van der Waals surface area contributed by atoms with Gasteiger partial charge < -0.3 is 20.1 Å².